The van der Waals surface area contributed by atoms with Gasteiger partial charge in [-0.25, -0.2) is 4.79 Å². The Bertz CT molecular complexity index is 1260. The van der Waals surface area contributed by atoms with Crippen molar-refractivity contribution in [3.05, 3.63) is 154 Å². The van der Waals surface area contributed by atoms with Crippen LogP contribution >= 0.6 is 0 Å². The Morgan fingerprint density at radius 1 is 0.488 bits per heavy atom. The smallest absolute Gasteiger partial charge is 0.333 e. The van der Waals surface area contributed by atoms with Crippen LogP contribution in [0, 0.1) is 0 Å². The normalized spacial score (nSPS) is 15.3. The number of esters is 1. The van der Waals surface area contributed by atoms with Gasteiger partial charge in [0, 0.05) is 5.57 Å². The Morgan fingerprint density at radius 3 is 1.21 bits per heavy atom. The van der Waals surface area contributed by atoms with E-state index in [2.05, 4.69) is 159 Å². The van der Waals surface area contributed by atoms with E-state index in [1.54, 1.807) is 6.92 Å². The van der Waals surface area contributed by atoms with Crippen molar-refractivity contribution in [2.45, 2.75) is 88.0 Å². The van der Waals surface area contributed by atoms with E-state index in [1.165, 1.54) is 46.1 Å². The van der Waals surface area contributed by atoms with Crippen LogP contribution in [0.5, 0.6) is 0 Å². The highest BCUT2D eigenvalue weighted by Crippen LogP contribution is 2.09. The molecule has 0 aromatic carbocycles. The molecular weight excluding hydrogens is 524 g/mol. The molecule has 0 fully saturated rings. The molecule has 0 aromatic heterocycles. The van der Waals surface area contributed by atoms with Gasteiger partial charge < -0.3 is 4.74 Å². The second kappa shape index (κ2) is 24.7. The van der Waals surface area contributed by atoms with Gasteiger partial charge >= 0.3 is 5.97 Å². The fourth-order valence-corrected chi connectivity index (χ4v) is 3.58. The predicted octanol–water partition coefficient (Wildman–Crippen LogP) is 12.1. The molecule has 43 heavy (non-hydrogen) atoms. The minimum absolute atomic E-state index is 0.265. The first-order valence-corrected chi connectivity index (χ1v) is 15.2. The molecule has 0 rings (SSSR count). The van der Waals surface area contributed by atoms with Crippen LogP contribution in [0.4, 0.5) is 0 Å². The predicted molar refractivity (Wildman–Crippen MR) is 192 cm³/mol. The highest BCUT2D eigenvalue weighted by atomic mass is 16.5. The van der Waals surface area contributed by atoms with Crippen molar-refractivity contribution in [2.24, 2.45) is 0 Å². The van der Waals surface area contributed by atoms with Crippen LogP contribution < -0.4 is 0 Å². The summed E-state index contributed by atoms with van der Waals surface area (Å²) in [6, 6.07) is 0. The lowest BCUT2D eigenvalue weighted by atomic mass is 10.1. The Hall–Kier alpha value is -3.91. The van der Waals surface area contributed by atoms with Gasteiger partial charge in [-0.15, -0.1) is 0 Å². The van der Waals surface area contributed by atoms with Gasteiger partial charge in [0.1, 0.15) is 0 Å². The second-order valence-electron chi connectivity index (χ2n) is 11.2. The maximum atomic E-state index is 11.4. The zero-order chi connectivity index (χ0) is 32.5. The molecule has 0 bridgehead atoms. The highest BCUT2D eigenvalue weighted by molar-refractivity contribution is 5.87. The SMILES string of the molecule is COC(=O)C(C)=CCCC(C)=CC=CC(C)=CC=CC(C)=CC=CC=C(C)C=CC=C(C)C=CC=C(C)CCC=C(C)C. The maximum absolute atomic E-state index is 11.4. The molecule has 0 aliphatic carbocycles. The lowest BCUT2D eigenvalue weighted by molar-refractivity contribution is -0.136. The van der Waals surface area contributed by atoms with Crippen LogP contribution in [0.3, 0.4) is 0 Å². The first-order valence-electron chi connectivity index (χ1n) is 15.2. The number of methoxy groups -OCH3 is 1. The van der Waals surface area contributed by atoms with Crippen LogP contribution in [0.25, 0.3) is 0 Å². The van der Waals surface area contributed by atoms with Crippen LogP contribution in [0.15, 0.2) is 154 Å². The van der Waals surface area contributed by atoms with E-state index in [1.807, 2.05) is 6.08 Å². The summed E-state index contributed by atoms with van der Waals surface area (Å²) in [4.78, 5) is 11.4. The third kappa shape index (κ3) is 24.4. The molecule has 0 aliphatic rings. The van der Waals surface area contributed by atoms with Gasteiger partial charge in [-0.3, -0.25) is 0 Å². The first-order chi connectivity index (χ1) is 20.4. The third-order valence-electron chi connectivity index (χ3n) is 6.33. The van der Waals surface area contributed by atoms with Crippen molar-refractivity contribution in [3.8, 4) is 0 Å². The molecule has 0 aliphatic heterocycles. The molecule has 2 nitrogen and oxygen atoms in total. The monoisotopic (exact) mass is 580 g/mol. The van der Waals surface area contributed by atoms with Crippen LogP contribution in [-0.4, -0.2) is 13.1 Å². The number of hydrogen-bond acceptors (Lipinski definition) is 2. The number of carbonyl (C=O) groups excluding carboxylic acids is 1. The number of ether oxygens (including phenoxy) is 1. The minimum atomic E-state index is -0.265. The zero-order valence-electron chi connectivity index (χ0n) is 28.5. The standard InChI is InChI=1S/C41H56O2/c1-33(2)19-13-22-36(5)25-16-28-37(6)26-14-23-34(3)20-11-12-21-35(4)24-15-27-38(7)29-17-30-39(8)31-18-32-40(9)41(42)43-10/h11-12,14-17,19-21,23-30,32H,13,18,22,31H2,1-10H3. The van der Waals surface area contributed by atoms with E-state index < -0.39 is 0 Å². The molecule has 0 unspecified atom stereocenters. The van der Waals surface area contributed by atoms with Crippen molar-refractivity contribution in [1.82, 2.24) is 0 Å². The summed E-state index contributed by atoms with van der Waals surface area (Å²) in [7, 11) is 1.41. The zero-order valence-corrected chi connectivity index (χ0v) is 28.5. The summed E-state index contributed by atoms with van der Waals surface area (Å²) in [5.74, 6) is -0.265. The molecule has 0 aromatic rings. The summed E-state index contributed by atoms with van der Waals surface area (Å²) >= 11 is 0. The molecule has 232 valence electrons. The third-order valence-corrected chi connectivity index (χ3v) is 6.33. The molecule has 0 heterocycles. The van der Waals surface area contributed by atoms with E-state index in [0.717, 1.165) is 25.7 Å². The van der Waals surface area contributed by atoms with Gasteiger partial charge in [0.2, 0.25) is 0 Å². The van der Waals surface area contributed by atoms with E-state index in [-0.39, 0.29) is 5.97 Å². The van der Waals surface area contributed by atoms with E-state index in [9.17, 15) is 4.79 Å². The van der Waals surface area contributed by atoms with E-state index in [4.69, 9.17) is 4.74 Å². The summed E-state index contributed by atoms with van der Waals surface area (Å²) in [5.41, 5.74) is 9.49. The van der Waals surface area contributed by atoms with Gasteiger partial charge in [0.25, 0.3) is 0 Å². The van der Waals surface area contributed by atoms with Gasteiger partial charge in [-0.2, -0.15) is 0 Å². The van der Waals surface area contributed by atoms with Crippen LogP contribution in [0.2, 0.25) is 0 Å². The van der Waals surface area contributed by atoms with Crippen LogP contribution in [-0.2, 0) is 9.53 Å². The van der Waals surface area contributed by atoms with Crippen molar-refractivity contribution < 1.29 is 9.53 Å². The number of allylic oxidation sites excluding steroid dienone is 25. The first kappa shape index (κ1) is 39.1. The van der Waals surface area contributed by atoms with Gasteiger partial charge in [-0.05, 0) is 88.0 Å². The summed E-state index contributed by atoms with van der Waals surface area (Å²) < 4.78 is 4.72. The quantitative estimate of drug-likeness (QED) is 0.0740. The molecule has 0 radical (unpaired) electrons. The van der Waals surface area contributed by atoms with Gasteiger partial charge in [-0.1, -0.05) is 148 Å². The van der Waals surface area contributed by atoms with Crippen LogP contribution in [0.1, 0.15) is 88.0 Å². The average Bonchev–Trinajstić information content (AvgIpc) is 2.94. The van der Waals surface area contributed by atoms with Crippen molar-refractivity contribution >= 4 is 5.97 Å². The van der Waals surface area contributed by atoms with E-state index in [0.29, 0.717) is 5.57 Å². The molecule has 0 spiro atoms. The Kier molecular flexibility index (Phi) is 22.4. The molecule has 0 amide bonds. The van der Waals surface area contributed by atoms with Gasteiger partial charge in [0.15, 0.2) is 0 Å². The highest BCUT2D eigenvalue weighted by Gasteiger charge is 2.01. The molecule has 0 N–H and O–H groups in total. The fraction of sp³-hybridized carbons (Fsp3) is 0.341. The number of hydrogen-bond donors (Lipinski definition) is 0. The lowest BCUT2D eigenvalue weighted by Crippen LogP contribution is -2.01. The average molecular weight is 581 g/mol. The Balaban J connectivity index is 4.73. The topological polar surface area (TPSA) is 26.3 Å². The van der Waals surface area contributed by atoms with Gasteiger partial charge in [0.05, 0.1) is 7.11 Å². The lowest BCUT2D eigenvalue weighted by Gasteiger charge is -1.99. The van der Waals surface area contributed by atoms with Crippen molar-refractivity contribution in [2.75, 3.05) is 7.11 Å². The van der Waals surface area contributed by atoms with Crippen molar-refractivity contribution in [3.63, 3.8) is 0 Å². The summed E-state index contributed by atoms with van der Waals surface area (Å²) in [6.45, 7) is 18.8. The second-order valence-corrected chi connectivity index (χ2v) is 11.2. The minimum Gasteiger partial charge on any atom is -0.466 e. The molecule has 0 saturated carbocycles. The summed E-state index contributed by atoms with van der Waals surface area (Å²) in [5, 5.41) is 0. The molecule has 0 atom stereocenters. The molecule has 0 saturated heterocycles. The number of rotatable bonds is 17. The van der Waals surface area contributed by atoms with E-state index >= 15 is 0 Å². The fourth-order valence-electron chi connectivity index (χ4n) is 3.58. The molecule has 2 heteroatoms. The van der Waals surface area contributed by atoms with Crippen molar-refractivity contribution in [1.29, 1.82) is 0 Å². The Morgan fingerprint density at radius 2 is 0.837 bits per heavy atom. The summed E-state index contributed by atoms with van der Waals surface area (Å²) in [6.07, 6.45) is 41.9. The maximum Gasteiger partial charge on any atom is 0.333 e. The largest absolute Gasteiger partial charge is 0.466 e. The number of carbonyl (C=O) groups is 1. The Labute approximate surface area is 264 Å². The molecular formula is C41H56O2.